The summed E-state index contributed by atoms with van der Waals surface area (Å²) in [4.78, 5) is 7.03. The van der Waals surface area contributed by atoms with E-state index in [4.69, 9.17) is 4.98 Å². The molecule has 19 heavy (non-hydrogen) atoms. The van der Waals surface area contributed by atoms with Gasteiger partial charge in [0, 0.05) is 37.4 Å². The van der Waals surface area contributed by atoms with Gasteiger partial charge >= 0.3 is 0 Å². The van der Waals surface area contributed by atoms with Crippen LogP contribution >= 0.6 is 0 Å². The molecule has 0 bridgehead atoms. The van der Waals surface area contributed by atoms with Crippen LogP contribution in [0.2, 0.25) is 0 Å². The molecule has 0 atom stereocenters. The molecule has 0 saturated carbocycles. The van der Waals surface area contributed by atoms with Gasteiger partial charge in [0.15, 0.2) is 0 Å². The number of nitrogens with zero attached hydrogens (tertiary/aromatic N) is 2. The fraction of sp³-hybridized carbons (Fsp3) is 0.688. The van der Waals surface area contributed by atoms with Crippen LogP contribution in [0.15, 0.2) is 6.07 Å². The van der Waals surface area contributed by atoms with Crippen LogP contribution in [0, 0.1) is 19.8 Å². The summed E-state index contributed by atoms with van der Waals surface area (Å²) in [5.74, 6) is 1.76. The third-order valence-electron chi connectivity index (χ3n) is 3.14. The Morgan fingerprint density at radius 1 is 1.21 bits per heavy atom. The van der Waals surface area contributed by atoms with E-state index in [1.54, 1.807) is 0 Å². The van der Waals surface area contributed by atoms with Crippen LogP contribution in [-0.4, -0.2) is 24.6 Å². The minimum atomic E-state index is 0.490. The highest BCUT2D eigenvalue weighted by Crippen LogP contribution is 2.22. The van der Waals surface area contributed by atoms with Crippen molar-refractivity contribution < 1.29 is 0 Å². The van der Waals surface area contributed by atoms with Gasteiger partial charge < -0.3 is 10.2 Å². The normalized spacial score (nSPS) is 11.4. The summed E-state index contributed by atoms with van der Waals surface area (Å²) in [5.41, 5.74) is 3.74. The first-order valence-electron chi connectivity index (χ1n) is 7.23. The maximum Gasteiger partial charge on any atom is 0.133 e. The largest absolute Gasteiger partial charge is 0.359 e. The minimum absolute atomic E-state index is 0.490. The maximum absolute atomic E-state index is 4.75. The maximum atomic E-state index is 4.75. The van der Waals surface area contributed by atoms with Gasteiger partial charge in [-0.1, -0.05) is 27.7 Å². The average molecular weight is 263 g/mol. The summed E-state index contributed by atoms with van der Waals surface area (Å²) in [6, 6.07) is 2.66. The summed E-state index contributed by atoms with van der Waals surface area (Å²) in [7, 11) is 2.14. The Morgan fingerprint density at radius 3 is 2.37 bits per heavy atom. The number of rotatable bonds is 6. The SMILES string of the molecule is Cc1cc(C)c(CNC(C)C)c(N(C)CC(C)C)n1. The Bertz CT molecular complexity index is 411. The first-order valence-corrected chi connectivity index (χ1v) is 7.23. The molecular formula is C16H29N3. The highest BCUT2D eigenvalue weighted by Gasteiger charge is 2.14. The van der Waals surface area contributed by atoms with Crippen molar-refractivity contribution in [2.24, 2.45) is 5.92 Å². The van der Waals surface area contributed by atoms with E-state index >= 15 is 0 Å². The van der Waals surface area contributed by atoms with Crippen molar-refractivity contribution in [1.82, 2.24) is 10.3 Å². The summed E-state index contributed by atoms with van der Waals surface area (Å²) < 4.78 is 0. The standard InChI is InChI=1S/C16H29N3/c1-11(2)10-19(7)16-15(9-17-12(3)4)13(5)8-14(6)18-16/h8,11-12,17H,9-10H2,1-7H3. The van der Waals surface area contributed by atoms with Crippen LogP contribution in [0.1, 0.15) is 44.5 Å². The van der Waals surface area contributed by atoms with E-state index in [0.717, 1.165) is 24.6 Å². The Morgan fingerprint density at radius 2 is 1.84 bits per heavy atom. The molecule has 0 radical (unpaired) electrons. The predicted octanol–water partition coefficient (Wildman–Crippen LogP) is 3.29. The van der Waals surface area contributed by atoms with Crippen molar-refractivity contribution in [2.75, 3.05) is 18.5 Å². The van der Waals surface area contributed by atoms with Crippen molar-refractivity contribution in [3.63, 3.8) is 0 Å². The molecule has 3 nitrogen and oxygen atoms in total. The number of hydrogen-bond acceptors (Lipinski definition) is 3. The van der Waals surface area contributed by atoms with E-state index in [-0.39, 0.29) is 0 Å². The molecule has 3 heteroatoms. The fourth-order valence-electron chi connectivity index (χ4n) is 2.32. The Labute approximate surface area is 118 Å². The number of aryl methyl sites for hydroxylation is 2. The number of nitrogens with one attached hydrogen (secondary N) is 1. The molecule has 1 aromatic rings. The Kier molecular flexibility index (Phi) is 5.80. The zero-order valence-corrected chi connectivity index (χ0v) is 13.5. The van der Waals surface area contributed by atoms with Gasteiger partial charge in [-0.15, -0.1) is 0 Å². The highest BCUT2D eigenvalue weighted by molar-refractivity contribution is 5.51. The lowest BCUT2D eigenvalue weighted by molar-refractivity contribution is 0.582. The van der Waals surface area contributed by atoms with Gasteiger partial charge in [0.05, 0.1) is 0 Å². The van der Waals surface area contributed by atoms with E-state index in [2.05, 4.69) is 64.9 Å². The summed E-state index contributed by atoms with van der Waals surface area (Å²) >= 11 is 0. The highest BCUT2D eigenvalue weighted by atomic mass is 15.2. The molecular weight excluding hydrogens is 234 g/mol. The molecule has 0 unspecified atom stereocenters. The zero-order chi connectivity index (χ0) is 14.6. The van der Waals surface area contributed by atoms with E-state index < -0.39 is 0 Å². The monoisotopic (exact) mass is 263 g/mol. The predicted molar refractivity (Wildman–Crippen MR) is 83.8 cm³/mol. The zero-order valence-electron chi connectivity index (χ0n) is 13.5. The first-order chi connectivity index (χ1) is 8.81. The minimum Gasteiger partial charge on any atom is -0.359 e. The van der Waals surface area contributed by atoms with E-state index in [0.29, 0.717) is 12.0 Å². The molecule has 1 rings (SSSR count). The molecule has 1 aromatic heterocycles. The molecule has 0 aliphatic heterocycles. The topological polar surface area (TPSA) is 28.2 Å². The van der Waals surface area contributed by atoms with Crippen LogP contribution in [0.4, 0.5) is 5.82 Å². The van der Waals surface area contributed by atoms with Crippen LogP contribution in [0.3, 0.4) is 0 Å². The second kappa shape index (κ2) is 6.90. The first kappa shape index (κ1) is 16.0. The Balaban J connectivity index is 3.05. The van der Waals surface area contributed by atoms with Gasteiger partial charge in [0.25, 0.3) is 0 Å². The summed E-state index contributed by atoms with van der Waals surface area (Å²) in [6.45, 7) is 15.0. The molecule has 0 aliphatic rings. The number of hydrogen-bond donors (Lipinski definition) is 1. The van der Waals surface area contributed by atoms with E-state index in [1.165, 1.54) is 11.1 Å². The fourth-order valence-corrected chi connectivity index (χ4v) is 2.32. The van der Waals surface area contributed by atoms with Crippen molar-refractivity contribution in [3.8, 4) is 0 Å². The average Bonchev–Trinajstić information content (AvgIpc) is 2.25. The number of aromatic nitrogens is 1. The quantitative estimate of drug-likeness (QED) is 0.853. The molecule has 0 saturated heterocycles. The van der Waals surface area contributed by atoms with Gasteiger partial charge in [-0.05, 0) is 31.4 Å². The lowest BCUT2D eigenvalue weighted by Crippen LogP contribution is -2.28. The van der Waals surface area contributed by atoms with Crippen molar-refractivity contribution in [2.45, 2.75) is 54.1 Å². The number of pyridine rings is 1. The molecule has 0 fully saturated rings. The van der Waals surface area contributed by atoms with Crippen LogP contribution in [0.25, 0.3) is 0 Å². The van der Waals surface area contributed by atoms with Crippen LogP contribution in [0.5, 0.6) is 0 Å². The van der Waals surface area contributed by atoms with Crippen LogP contribution in [-0.2, 0) is 6.54 Å². The van der Waals surface area contributed by atoms with E-state index in [9.17, 15) is 0 Å². The number of anilines is 1. The van der Waals surface area contributed by atoms with Crippen molar-refractivity contribution in [3.05, 3.63) is 22.9 Å². The second-order valence-corrected chi connectivity index (χ2v) is 6.19. The molecule has 0 aliphatic carbocycles. The van der Waals surface area contributed by atoms with Crippen molar-refractivity contribution in [1.29, 1.82) is 0 Å². The third kappa shape index (κ3) is 4.83. The van der Waals surface area contributed by atoms with Gasteiger partial charge in [-0.2, -0.15) is 0 Å². The summed E-state index contributed by atoms with van der Waals surface area (Å²) in [6.07, 6.45) is 0. The molecule has 1 heterocycles. The van der Waals surface area contributed by atoms with Gasteiger partial charge in [-0.25, -0.2) is 4.98 Å². The lowest BCUT2D eigenvalue weighted by Gasteiger charge is -2.25. The van der Waals surface area contributed by atoms with Crippen molar-refractivity contribution >= 4 is 5.82 Å². The molecule has 0 amide bonds. The molecule has 0 aromatic carbocycles. The van der Waals surface area contributed by atoms with E-state index in [1.807, 2.05) is 0 Å². The van der Waals surface area contributed by atoms with Gasteiger partial charge in [0.1, 0.15) is 5.82 Å². The lowest BCUT2D eigenvalue weighted by atomic mass is 10.1. The third-order valence-corrected chi connectivity index (χ3v) is 3.14. The second-order valence-electron chi connectivity index (χ2n) is 6.19. The molecule has 1 N–H and O–H groups in total. The Hall–Kier alpha value is -1.09. The smallest absolute Gasteiger partial charge is 0.133 e. The van der Waals surface area contributed by atoms with Gasteiger partial charge in [-0.3, -0.25) is 0 Å². The van der Waals surface area contributed by atoms with Crippen LogP contribution < -0.4 is 10.2 Å². The summed E-state index contributed by atoms with van der Waals surface area (Å²) in [5, 5.41) is 3.50. The van der Waals surface area contributed by atoms with Gasteiger partial charge in [0.2, 0.25) is 0 Å². The molecule has 108 valence electrons. The molecule has 0 spiro atoms.